The molecule has 0 unspecified atom stereocenters. The second-order valence-electron chi connectivity index (χ2n) is 5.06. The summed E-state index contributed by atoms with van der Waals surface area (Å²) in [5.74, 6) is 0.478. The van der Waals surface area contributed by atoms with Crippen molar-refractivity contribution in [2.75, 3.05) is 0 Å². The summed E-state index contributed by atoms with van der Waals surface area (Å²) in [6, 6.07) is 7.95. The van der Waals surface area contributed by atoms with Gasteiger partial charge in [-0.1, -0.05) is 50.5 Å². The van der Waals surface area contributed by atoms with Crippen molar-refractivity contribution in [2.24, 2.45) is 5.92 Å². The molecule has 0 aliphatic carbocycles. The normalized spacial score (nSPS) is 13.9. The van der Waals surface area contributed by atoms with E-state index in [-0.39, 0.29) is 0 Å². The van der Waals surface area contributed by atoms with Crippen LogP contribution in [0, 0.1) is 12.8 Å². The van der Waals surface area contributed by atoms with E-state index in [4.69, 9.17) is 0 Å². The highest BCUT2D eigenvalue weighted by atomic mass is 32.2. The van der Waals surface area contributed by atoms with E-state index in [1.807, 2.05) is 36.6 Å². The zero-order valence-electron chi connectivity index (χ0n) is 11.9. The highest BCUT2D eigenvalue weighted by Gasteiger charge is 2.07. The summed E-state index contributed by atoms with van der Waals surface area (Å²) in [6.07, 6.45) is 3.42. The molecule has 0 aliphatic heterocycles. The van der Waals surface area contributed by atoms with Gasteiger partial charge in [0.2, 0.25) is 0 Å². The number of hydrogen-bond donors (Lipinski definition) is 0. The smallest absolute Gasteiger partial charge is 0.0775 e. The van der Waals surface area contributed by atoms with Crippen molar-refractivity contribution in [2.45, 2.75) is 51.9 Å². The first-order chi connectivity index (χ1) is 8.54. The third-order valence-corrected chi connectivity index (χ3v) is 4.33. The molecule has 100 valence electrons. The Morgan fingerprint density at radius 1 is 1.28 bits per heavy atom. The number of hydrogen-bond acceptors (Lipinski definition) is 1. The molecule has 0 saturated carbocycles. The number of benzene rings is 1. The van der Waals surface area contributed by atoms with Crippen molar-refractivity contribution in [3.63, 3.8) is 0 Å². The van der Waals surface area contributed by atoms with Crippen LogP contribution in [0.3, 0.4) is 0 Å². The molecule has 0 bridgehead atoms. The quantitative estimate of drug-likeness (QED) is 0.719. The minimum Gasteiger partial charge on any atom is -0.250 e. The van der Waals surface area contributed by atoms with Crippen LogP contribution < -0.4 is 0 Å². The zero-order valence-corrected chi connectivity index (χ0v) is 12.7. The van der Waals surface area contributed by atoms with Gasteiger partial charge in [-0.15, -0.1) is 0 Å². The van der Waals surface area contributed by atoms with Gasteiger partial charge in [-0.25, -0.2) is 4.21 Å². The van der Waals surface area contributed by atoms with Crippen LogP contribution in [-0.4, -0.2) is 4.21 Å². The van der Waals surface area contributed by atoms with Gasteiger partial charge in [-0.2, -0.15) is 0 Å². The lowest BCUT2D eigenvalue weighted by Crippen LogP contribution is -1.97. The summed E-state index contributed by atoms with van der Waals surface area (Å²) in [4.78, 5) is 0.898. The fraction of sp³-hybridized carbons (Fsp3) is 0.500. The molecule has 0 fully saturated rings. The molecule has 0 saturated heterocycles. The molecule has 1 aromatic carbocycles. The fourth-order valence-electron chi connectivity index (χ4n) is 1.74. The predicted octanol–water partition coefficient (Wildman–Crippen LogP) is 4.83. The van der Waals surface area contributed by atoms with Gasteiger partial charge in [-0.3, -0.25) is 0 Å². The molecule has 2 heteroatoms. The molecule has 1 aromatic rings. The third-order valence-electron chi connectivity index (χ3n) is 3.07. The molecule has 0 N–H and O–H groups in total. The van der Waals surface area contributed by atoms with Crippen LogP contribution in [0.25, 0.3) is 0 Å². The Morgan fingerprint density at radius 2 is 1.89 bits per heavy atom. The number of allylic oxidation sites excluding steroid dienone is 1. The van der Waals surface area contributed by atoms with Crippen molar-refractivity contribution in [1.82, 2.24) is 0 Å². The predicted molar refractivity (Wildman–Crippen MR) is 80.0 cm³/mol. The summed E-state index contributed by atoms with van der Waals surface area (Å²) < 4.78 is 12.3. The van der Waals surface area contributed by atoms with E-state index in [9.17, 15) is 4.21 Å². The summed E-state index contributed by atoms with van der Waals surface area (Å²) in [7, 11) is -1.01. The molecule has 0 spiro atoms. The maximum absolute atomic E-state index is 12.3. The maximum Gasteiger partial charge on any atom is 0.0775 e. The van der Waals surface area contributed by atoms with Crippen molar-refractivity contribution < 1.29 is 4.21 Å². The number of unbranched alkanes of at least 4 members (excludes halogenated alkanes) is 1. The lowest BCUT2D eigenvalue weighted by molar-refractivity contribution is 0.670. The SMILES string of the molecule is CCCC/C(=C/[S@@](=O)c1ccc(C)cc1)C(C)C. The molecule has 1 rings (SSSR count). The molecule has 0 heterocycles. The van der Waals surface area contributed by atoms with Gasteiger partial charge in [0, 0.05) is 10.3 Å². The van der Waals surface area contributed by atoms with Crippen LogP contribution in [0.4, 0.5) is 0 Å². The molecule has 0 aromatic heterocycles. The van der Waals surface area contributed by atoms with Crippen molar-refractivity contribution in [3.8, 4) is 0 Å². The van der Waals surface area contributed by atoms with Crippen LogP contribution in [0.2, 0.25) is 0 Å². The van der Waals surface area contributed by atoms with E-state index in [1.165, 1.54) is 24.0 Å². The first kappa shape index (κ1) is 15.2. The standard InChI is InChI=1S/C16H24OS/c1-5-6-7-15(13(2)3)12-18(17)16-10-8-14(4)9-11-16/h8-13H,5-7H2,1-4H3/b15-12-/t18-/m1/s1. The molecule has 0 amide bonds. The van der Waals surface area contributed by atoms with Crippen LogP contribution in [0.15, 0.2) is 40.1 Å². The molecule has 1 atom stereocenters. The van der Waals surface area contributed by atoms with Gasteiger partial charge in [0.05, 0.1) is 10.8 Å². The fourth-order valence-corrected chi connectivity index (χ4v) is 2.95. The Morgan fingerprint density at radius 3 is 2.39 bits per heavy atom. The highest BCUT2D eigenvalue weighted by Crippen LogP contribution is 2.20. The van der Waals surface area contributed by atoms with E-state index in [0.29, 0.717) is 5.92 Å². The Labute approximate surface area is 114 Å². The van der Waals surface area contributed by atoms with Gasteiger partial charge in [-0.05, 0) is 37.8 Å². The van der Waals surface area contributed by atoms with E-state index < -0.39 is 10.8 Å². The second kappa shape index (κ2) is 7.52. The van der Waals surface area contributed by atoms with Gasteiger partial charge < -0.3 is 0 Å². The Hall–Kier alpha value is -0.890. The molecule has 0 aliphatic rings. The third kappa shape index (κ3) is 4.77. The van der Waals surface area contributed by atoms with Crippen LogP contribution in [-0.2, 0) is 10.8 Å². The lowest BCUT2D eigenvalue weighted by Gasteiger charge is -2.10. The number of rotatable bonds is 6. The van der Waals surface area contributed by atoms with Crippen LogP contribution >= 0.6 is 0 Å². The Kier molecular flexibility index (Phi) is 6.34. The van der Waals surface area contributed by atoms with Gasteiger partial charge >= 0.3 is 0 Å². The van der Waals surface area contributed by atoms with Gasteiger partial charge in [0.15, 0.2) is 0 Å². The topological polar surface area (TPSA) is 17.1 Å². The first-order valence-electron chi connectivity index (χ1n) is 6.72. The van der Waals surface area contributed by atoms with Crippen molar-refractivity contribution in [3.05, 3.63) is 40.8 Å². The van der Waals surface area contributed by atoms with Crippen LogP contribution in [0.1, 0.15) is 45.6 Å². The highest BCUT2D eigenvalue weighted by molar-refractivity contribution is 7.88. The van der Waals surface area contributed by atoms with Gasteiger partial charge in [0.25, 0.3) is 0 Å². The molecule has 1 nitrogen and oxygen atoms in total. The minimum atomic E-state index is -1.01. The Balaban J connectivity index is 2.83. The summed E-state index contributed by atoms with van der Waals surface area (Å²) in [5, 5.41) is 1.95. The first-order valence-corrected chi connectivity index (χ1v) is 7.93. The monoisotopic (exact) mass is 264 g/mol. The van der Waals surface area contributed by atoms with E-state index in [1.54, 1.807) is 0 Å². The van der Waals surface area contributed by atoms with Gasteiger partial charge in [0.1, 0.15) is 0 Å². The Bertz CT molecular complexity index is 415. The molecular formula is C16H24OS. The molecule has 0 radical (unpaired) electrons. The van der Waals surface area contributed by atoms with E-state index in [2.05, 4.69) is 20.8 Å². The molecular weight excluding hydrogens is 240 g/mol. The van der Waals surface area contributed by atoms with Crippen molar-refractivity contribution >= 4 is 10.8 Å². The summed E-state index contributed by atoms with van der Waals surface area (Å²) >= 11 is 0. The average molecular weight is 264 g/mol. The number of aryl methyl sites for hydroxylation is 1. The minimum absolute atomic E-state index is 0.478. The largest absolute Gasteiger partial charge is 0.250 e. The van der Waals surface area contributed by atoms with E-state index >= 15 is 0 Å². The summed E-state index contributed by atoms with van der Waals surface area (Å²) in [6.45, 7) is 8.58. The second-order valence-corrected chi connectivity index (χ2v) is 6.36. The van der Waals surface area contributed by atoms with Crippen molar-refractivity contribution in [1.29, 1.82) is 0 Å². The zero-order chi connectivity index (χ0) is 13.5. The summed E-state index contributed by atoms with van der Waals surface area (Å²) in [5.41, 5.74) is 2.52. The van der Waals surface area contributed by atoms with E-state index in [0.717, 1.165) is 11.3 Å². The average Bonchev–Trinajstić information content (AvgIpc) is 2.34. The maximum atomic E-state index is 12.3. The molecule has 18 heavy (non-hydrogen) atoms. The lowest BCUT2D eigenvalue weighted by atomic mass is 10.00. The van der Waals surface area contributed by atoms with Crippen LogP contribution in [0.5, 0.6) is 0 Å².